The number of carbonyl (C=O) groups is 1. The lowest BCUT2D eigenvalue weighted by Crippen LogP contribution is -2.47. The molecule has 0 amide bonds. The minimum absolute atomic E-state index is 0.638. The van der Waals surface area contributed by atoms with Crippen molar-refractivity contribution >= 4 is 5.97 Å². The summed E-state index contributed by atoms with van der Waals surface area (Å²) < 4.78 is 0. The van der Waals surface area contributed by atoms with Crippen LogP contribution < -0.4 is 5.73 Å². The fourth-order valence-corrected chi connectivity index (χ4v) is 2.06. The summed E-state index contributed by atoms with van der Waals surface area (Å²) in [7, 11) is 0. The van der Waals surface area contributed by atoms with Crippen LogP contribution in [-0.2, 0) is 4.79 Å². The third kappa shape index (κ3) is 2.44. The summed E-state index contributed by atoms with van der Waals surface area (Å²) >= 11 is 0. The Bertz CT molecular complexity index is 193. The van der Waals surface area contributed by atoms with Gasteiger partial charge in [-0.2, -0.15) is 0 Å². The van der Waals surface area contributed by atoms with Crippen LogP contribution in [0.3, 0.4) is 0 Å². The number of carboxylic acids is 1. The lowest BCUT2D eigenvalue weighted by Gasteiger charge is -2.22. The molecule has 76 valence electrons. The van der Waals surface area contributed by atoms with Gasteiger partial charge in [0, 0.05) is 0 Å². The number of carboxylic acid groups (broad SMARTS) is 1. The standard InChI is InChI=1S/C10H19NO2/c1-2-8-4-3-6-10(11,7-5-8)9(12)13/h8H,2-7,11H2,1H3,(H,12,13)/t8-,10-/m1/s1. The summed E-state index contributed by atoms with van der Waals surface area (Å²) in [5.74, 6) is -0.144. The van der Waals surface area contributed by atoms with Crippen LogP contribution >= 0.6 is 0 Å². The van der Waals surface area contributed by atoms with E-state index in [-0.39, 0.29) is 0 Å². The second-order valence-corrected chi connectivity index (χ2v) is 4.17. The minimum Gasteiger partial charge on any atom is -0.480 e. The maximum Gasteiger partial charge on any atom is 0.323 e. The Morgan fingerprint density at radius 3 is 2.77 bits per heavy atom. The molecule has 3 N–H and O–H groups in total. The number of rotatable bonds is 2. The SMILES string of the molecule is CC[C@@H]1CCC[C@](N)(C(=O)O)CC1. The van der Waals surface area contributed by atoms with Crippen LogP contribution in [0.5, 0.6) is 0 Å². The van der Waals surface area contributed by atoms with Crippen molar-refractivity contribution in [2.24, 2.45) is 11.7 Å². The quantitative estimate of drug-likeness (QED) is 0.644. The summed E-state index contributed by atoms with van der Waals surface area (Å²) in [6.45, 7) is 2.16. The van der Waals surface area contributed by atoms with E-state index in [1.807, 2.05) is 0 Å². The van der Waals surface area contributed by atoms with Crippen LogP contribution in [0.25, 0.3) is 0 Å². The molecule has 0 radical (unpaired) electrons. The Morgan fingerprint density at radius 1 is 1.54 bits per heavy atom. The molecule has 13 heavy (non-hydrogen) atoms. The molecule has 3 heteroatoms. The molecule has 0 aromatic rings. The molecule has 1 aliphatic rings. The maximum atomic E-state index is 10.9. The van der Waals surface area contributed by atoms with E-state index < -0.39 is 11.5 Å². The Morgan fingerprint density at radius 2 is 2.23 bits per heavy atom. The molecule has 0 aliphatic heterocycles. The molecule has 0 aromatic carbocycles. The first kappa shape index (κ1) is 10.5. The van der Waals surface area contributed by atoms with Crippen molar-refractivity contribution in [2.45, 2.75) is 51.0 Å². The van der Waals surface area contributed by atoms with E-state index in [0.717, 1.165) is 25.7 Å². The van der Waals surface area contributed by atoms with E-state index in [2.05, 4.69) is 6.92 Å². The van der Waals surface area contributed by atoms with Gasteiger partial charge in [0.1, 0.15) is 5.54 Å². The monoisotopic (exact) mass is 185 g/mol. The van der Waals surface area contributed by atoms with Gasteiger partial charge in [0.15, 0.2) is 0 Å². The zero-order valence-corrected chi connectivity index (χ0v) is 8.25. The van der Waals surface area contributed by atoms with Crippen LogP contribution in [0.1, 0.15) is 45.4 Å². The third-order valence-electron chi connectivity index (χ3n) is 3.24. The topological polar surface area (TPSA) is 63.3 Å². The van der Waals surface area contributed by atoms with Gasteiger partial charge in [0.25, 0.3) is 0 Å². The Labute approximate surface area is 79.3 Å². The first-order chi connectivity index (χ1) is 6.08. The number of nitrogens with two attached hydrogens (primary N) is 1. The molecule has 1 saturated carbocycles. The molecular formula is C10H19NO2. The molecule has 0 spiro atoms. The Kier molecular flexibility index (Phi) is 3.31. The molecule has 1 aliphatic carbocycles. The lowest BCUT2D eigenvalue weighted by atomic mass is 9.91. The van der Waals surface area contributed by atoms with E-state index in [1.54, 1.807) is 0 Å². The second-order valence-electron chi connectivity index (χ2n) is 4.17. The molecule has 2 atom stereocenters. The van der Waals surface area contributed by atoms with Crippen molar-refractivity contribution in [3.05, 3.63) is 0 Å². The summed E-state index contributed by atoms with van der Waals surface area (Å²) in [5, 5.41) is 8.96. The van der Waals surface area contributed by atoms with Gasteiger partial charge in [-0.3, -0.25) is 4.79 Å². The van der Waals surface area contributed by atoms with Crippen LogP contribution in [-0.4, -0.2) is 16.6 Å². The molecule has 0 saturated heterocycles. The van der Waals surface area contributed by atoms with Gasteiger partial charge in [0.05, 0.1) is 0 Å². The number of hydrogen-bond donors (Lipinski definition) is 2. The van der Waals surface area contributed by atoms with Gasteiger partial charge in [-0.1, -0.05) is 26.2 Å². The van der Waals surface area contributed by atoms with E-state index in [1.165, 1.54) is 0 Å². The number of hydrogen-bond acceptors (Lipinski definition) is 2. The van der Waals surface area contributed by atoms with Crippen LogP contribution in [0.15, 0.2) is 0 Å². The summed E-state index contributed by atoms with van der Waals surface area (Å²) in [4.78, 5) is 10.9. The maximum absolute atomic E-state index is 10.9. The van der Waals surface area contributed by atoms with Crippen LogP contribution in [0.4, 0.5) is 0 Å². The van der Waals surface area contributed by atoms with E-state index >= 15 is 0 Å². The van der Waals surface area contributed by atoms with Gasteiger partial charge >= 0.3 is 5.97 Å². The smallest absolute Gasteiger partial charge is 0.323 e. The van der Waals surface area contributed by atoms with Gasteiger partial charge in [-0.05, 0) is 25.2 Å². The van der Waals surface area contributed by atoms with Crippen molar-refractivity contribution in [1.82, 2.24) is 0 Å². The zero-order valence-electron chi connectivity index (χ0n) is 8.25. The zero-order chi connectivity index (χ0) is 9.90. The highest BCUT2D eigenvalue weighted by molar-refractivity contribution is 5.78. The van der Waals surface area contributed by atoms with E-state index in [9.17, 15) is 4.79 Å². The molecule has 3 nitrogen and oxygen atoms in total. The van der Waals surface area contributed by atoms with Crippen molar-refractivity contribution < 1.29 is 9.90 Å². The van der Waals surface area contributed by atoms with E-state index in [4.69, 9.17) is 10.8 Å². The summed E-state index contributed by atoms with van der Waals surface area (Å²) in [6, 6.07) is 0. The average Bonchev–Trinajstić information content (AvgIpc) is 2.28. The largest absolute Gasteiger partial charge is 0.480 e. The average molecular weight is 185 g/mol. The Balaban J connectivity index is 2.58. The van der Waals surface area contributed by atoms with Gasteiger partial charge < -0.3 is 10.8 Å². The first-order valence-corrected chi connectivity index (χ1v) is 5.11. The van der Waals surface area contributed by atoms with Gasteiger partial charge in [0.2, 0.25) is 0 Å². The Hall–Kier alpha value is -0.570. The highest BCUT2D eigenvalue weighted by atomic mass is 16.4. The summed E-state index contributed by atoms with van der Waals surface area (Å²) in [6.07, 6.45) is 5.50. The molecule has 1 fully saturated rings. The fourth-order valence-electron chi connectivity index (χ4n) is 2.06. The molecular weight excluding hydrogens is 166 g/mol. The van der Waals surface area contributed by atoms with Crippen LogP contribution in [0, 0.1) is 5.92 Å². The normalized spacial score (nSPS) is 35.4. The second kappa shape index (κ2) is 4.09. The van der Waals surface area contributed by atoms with Crippen molar-refractivity contribution in [2.75, 3.05) is 0 Å². The first-order valence-electron chi connectivity index (χ1n) is 5.11. The highest BCUT2D eigenvalue weighted by Crippen LogP contribution is 2.30. The predicted molar refractivity (Wildman–Crippen MR) is 51.4 cm³/mol. The molecule has 0 heterocycles. The number of aliphatic carboxylic acids is 1. The molecule has 1 rings (SSSR count). The van der Waals surface area contributed by atoms with Gasteiger partial charge in [-0.15, -0.1) is 0 Å². The fraction of sp³-hybridized carbons (Fsp3) is 0.900. The van der Waals surface area contributed by atoms with Crippen LogP contribution in [0.2, 0.25) is 0 Å². The van der Waals surface area contributed by atoms with E-state index in [0.29, 0.717) is 18.8 Å². The highest BCUT2D eigenvalue weighted by Gasteiger charge is 2.35. The minimum atomic E-state index is -0.941. The van der Waals surface area contributed by atoms with Crippen molar-refractivity contribution in [3.63, 3.8) is 0 Å². The summed E-state index contributed by atoms with van der Waals surface area (Å²) in [5.41, 5.74) is 4.88. The van der Waals surface area contributed by atoms with Crippen molar-refractivity contribution in [3.8, 4) is 0 Å². The molecule has 0 bridgehead atoms. The predicted octanol–water partition coefficient (Wildman–Crippen LogP) is 1.76. The van der Waals surface area contributed by atoms with Gasteiger partial charge in [-0.25, -0.2) is 0 Å². The third-order valence-corrected chi connectivity index (χ3v) is 3.24. The molecule has 0 aromatic heterocycles. The lowest BCUT2D eigenvalue weighted by molar-refractivity contribution is -0.143. The molecule has 0 unspecified atom stereocenters. The van der Waals surface area contributed by atoms with Crippen molar-refractivity contribution in [1.29, 1.82) is 0 Å².